The number of rotatable bonds is 5. The predicted molar refractivity (Wildman–Crippen MR) is 122 cm³/mol. The Morgan fingerprint density at radius 1 is 1.10 bits per heavy atom. The maximum atomic E-state index is 4.61. The highest BCUT2D eigenvalue weighted by atomic mass is 32.1. The van der Waals surface area contributed by atoms with Crippen molar-refractivity contribution in [3.05, 3.63) is 47.7 Å². The summed E-state index contributed by atoms with van der Waals surface area (Å²) in [5.74, 6) is 0.597. The SMILES string of the molecule is CCNC.Cc1ncsc1-c1ccnc(Nc2ccc(N3CCNCC3)cc2)n1. The van der Waals surface area contributed by atoms with Gasteiger partial charge in [-0.2, -0.15) is 0 Å². The van der Waals surface area contributed by atoms with E-state index in [9.17, 15) is 0 Å². The zero-order valence-electron chi connectivity index (χ0n) is 17.3. The van der Waals surface area contributed by atoms with Crippen LogP contribution in [0.1, 0.15) is 12.6 Å². The minimum absolute atomic E-state index is 0.597. The molecule has 29 heavy (non-hydrogen) atoms. The smallest absolute Gasteiger partial charge is 0.227 e. The quantitative estimate of drug-likeness (QED) is 0.595. The molecule has 0 radical (unpaired) electrons. The lowest BCUT2D eigenvalue weighted by Crippen LogP contribution is -2.43. The van der Waals surface area contributed by atoms with Crippen molar-refractivity contribution < 1.29 is 0 Å². The zero-order valence-corrected chi connectivity index (χ0v) is 18.1. The van der Waals surface area contributed by atoms with E-state index in [0.29, 0.717) is 5.95 Å². The second-order valence-corrected chi connectivity index (χ2v) is 7.50. The average Bonchev–Trinajstić information content (AvgIpc) is 3.21. The zero-order chi connectivity index (χ0) is 20.5. The van der Waals surface area contributed by atoms with Gasteiger partial charge in [-0.05, 0) is 50.8 Å². The Hall–Kier alpha value is -2.55. The molecule has 3 aromatic rings. The molecule has 3 heterocycles. The third-order valence-electron chi connectivity index (χ3n) is 4.59. The number of nitrogens with one attached hydrogen (secondary N) is 3. The number of aryl methyl sites for hydroxylation is 1. The van der Waals surface area contributed by atoms with Gasteiger partial charge in [0, 0.05) is 43.8 Å². The molecule has 0 saturated carbocycles. The Bertz CT molecular complexity index is 871. The molecule has 154 valence electrons. The van der Waals surface area contributed by atoms with Crippen LogP contribution in [0.3, 0.4) is 0 Å². The molecule has 7 nitrogen and oxygen atoms in total. The van der Waals surface area contributed by atoms with Crippen molar-refractivity contribution in [2.75, 3.05) is 50.0 Å². The van der Waals surface area contributed by atoms with Gasteiger partial charge in [-0.25, -0.2) is 15.0 Å². The van der Waals surface area contributed by atoms with Gasteiger partial charge in [-0.3, -0.25) is 0 Å². The van der Waals surface area contributed by atoms with Crippen LogP contribution in [-0.2, 0) is 0 Å². The number of hydrogen-bond acceptors (Lipinski definition) is 8. The third-order valence-corrected chi connectivity index (χ3v) is 5.54. The highest BCUT2D eigenvalue weighted by molar-refractivity contribution is 7.13. The van der Waals surface area contributed by atoms with Crippen LogP contribution < -0.4 is 20.9 Å². The first-order chi connectivity index (χ1) is 14.2. The Kier molecular flexibility index (Phi) is 7.92. The van der Waals surface area contributed by atoms with E-state index < -0.39 is 0 Å². The average molecular weight is 412 g/mol. The molecule has 0 spiro atoms. The lowest BCUT2D eigenvalue weighted by molar-refractivity contribution is 0.589. The molecule has 0 aliphatic carbocycles. The van der Waals surface area contributed by atoms with Crippen LogP contribution in [0, 0.1) is 6.92 Å². The van der Waals surface area contributed by atoms with Crippen molar-refractivity contribution in [1.82, 2.24) is 25.6 Å². The summed E-state index contributed by atoms with van der Waals surface area (Å²) in [7, 11) is 1.93. The monoisotopic (exact) mass is 411 g/mol. The Morgan fingerprint density at radius 2 is 1.83 bits per heavy atom. The summed E-state index contributed by atoms with van der Waals surface area (Å²) in [5.41, 5.74) is 5.97. The van der Waals surface area contributed by atoms with E-state index in [-0.39, 0.29) is 0 Å². The molecule has 0 bridgehead atoms. The molecule has 0 atom stereocenters. The number of anilines is 3. The molecule has 1 aliphatic heterocycles. The molecule has 2 aromatic heterocycles. The van der Waals surface area contributed by atoms with Crippen LogP contribution in [0.4, 0.5) is 17.3 Å². The second-order valence-electron chi connectivity index (χ2n) is 6.65. The largest absolute Gasteiger partial charge is 0.369 e. The van der Waals surface area contributed by atoms with Crippen molar-refractivity contribution >= 4 is 28.7 Å². The molecule has 4 rings (SSSR count). The Balaban J connectivity index is 0.000000552. The van der Waals surface area contributed by atoms with Crippen LogP contribution >= 0.6 is 11.3 Å². The fraction of sp³-hybridized carbons (Fsp3) is 0.381. The van der Waals surface area contributed by atoms with Gasteiger partial charge in [0.05, 0.1) is 21.8 Å². The molecule has 1 saturated heterocycles. The maximum Gasteiger partial charge on any atom is 0.227 e. The summed E-state index contributed by atoms with van der Waals surface area (Å²) in [4.78, 5) is 16.7. The molecule has 8 heteroatoms. The predicted octanol–water partition coefficient (Wildman–Crippen LogP) is 3.29. The van der Waals surface area contributed by atoms with Crippen LogP contribution in [0.2, 0.25) is 0 Å². The number of piperazine rings is 1. The van der Waals surface area contributed by atoms with E-state index >= 15 is 0 Å². The molecule has 1 fully saturated rings. The van der Waals surface area contributed by atoms with Gasteiger partial charge < -0.3 is 20.9 Å². The fourth-order valence-corrected chi connectivity index (χ4v) is 3.67. The van der Waals surface area contributed by atoms with E-state index in [2.05, 4.69) is 67.0 Å². The van der Waals surface area contributed by atoms with Crippen LogP contribution in [0.5, 0.6) is 0 Å². The van der Waals surface area contributed by atoms with Gasteiger partial charge in [-0.15, -0.1) is 11.3 Å². The van der Waals surface area contributed by atoms with Gasteiger partial charge in [-0.1, -0.05) is 6.92 Å². The molecule has 0 amide bonds. The lowest BCUT2D eigenvalue weighted by Gasteiger charge is -2.29. The normalized spacial score (nSPS) is 13.6. The minimum atomic E-state index is 0.597. The third kappa shape index (κ3) is 5.96. The first-order valence-electron chi connectivity index (χ1n) is 9.92. The lowest BCUT2D eigenvalue weighted by atomic mass is 10.2. The van der Waals surface area contributed by atoms with E-state index in [1.54, 1.807) is 17.5 Å². The van der Waals surface area contributed by atoms with Crippen LogP contribution in [0.25, 0.3) is 10.6 Å². The first kappa shape index (κ1) is 21.2. The van der Waals surface area contributed by atoms with Gasteiger partial charge in [0.1, 0.15) is 0 Å². The van der Waals surface area contributed by atoms with Gasteiger partial charge in [0.2, 0.25) is 5.95 Å². The Labute approximate surface area is 176 Å². The molecular formula is C21H29N7S. The number of aromatic nitrogens is 3. The van der Waals surface area contributed by atoms with E-state index in [4.69, 9.17) is 0 Å². The molecular weight excluding hydrogens is 382 g/mol. The fourth-order valence-electron chi connectivity index (χ4n) is 2.90. The number of thiazole rings is 1. The van der Waals surface area contributed by atoms with E-state index in [1.165, 1.54) is 5.69 Å². The first-order valence-corrected chi connectivity index (χ1v) is 10.8. The molecule has 0 unspecified atom stereocenters. The van der Waals surface area contributed by atoms with Crippen LogP contribution in [0.15, 0.2) is 42.0 Å². The van der Waals surface area contributed by atoms with Crippen molar-refractivity contribution in [2.24, 2.45) is 0 Å². The Morgan fingerprint density at radius 3 is 2.45 bits per heavy atom. The molecule has 3 N–H and O–H groups in total. The minimum Gasteiger partial charge on any atom is -0.369 e. The standard InChI is InChI=1S/C18H20N6S.C3H9N/c1-13-17(25-12-21-13)16-6-7-20-18(23-16)22-14-2-4-15(5-3-14)24-10-8-19-9-11-24;1-3-4-2/h2-7,12,19H,8-11H2,1H3,(H,20,22,23);4H,3H2,1-2H3. The van der Waals surface area contributed by atoms with Crippen molar-refractivity contribution in [2.45, 2.75) is 13.8 Å². The molecule has 1 aliphatic rings. The van der Waals surface area contributed by atoms with Crippen molar-refractivity contribution in [3.63, 3.8) is 0 Å². The second kappa shape index (κ2) is 10.8. The van der Waals surface area contributed by atoms with Gasteiger partial charge in [0.15, 0.2) is 0 Å². The van der Waals surface area contributed by atoms with Crippen molar-refractivity contribution in [1.29, 1.82) is 0 Å². The highest BCUT2D eigenvalue weighted by Crippen LogP contribution is 2.26. The van der Waals surface area contributed by atoms with E-state index in [0.717, 1.165) is 54.7 Å². The summed E-state index contributed by atoms with van der Waals surface area (Å²) in [6.07, 6.45) is 1.78. The highest BCUT2D eigenvalue weighted by Gasteiger charge is 2.11. The number of nitrogens with zero attached hydrogens (tertiary/aromatic N) is 4. The summed E-state index contributed by atoms with van der Waals surface area (Å²) in [6, 6.07) is 10.4. The van der Waals surface area contributed by atoms with E-state index in [1.807, 2.05) is 25.5 Å². The van der Waals surface area contributed by atoms with Gasteiger partial charge in [0.25, 0.3) is 0 Å². The maximum absolute atomic E-state index is 4.61. The van der Waals surface area contributed by atoms with Crippen molar-refractivity contribution in [3.8, 4) is 10.6 Å². The number of hydrogen-bond donors (Lipinski definition) is 3. The summed E-state index contributed by atoms with van der Waals surface area (Å²) >= 11 is 1.60. The summed E-state index contributed by atoms with van der Waals surface area (Å²) in [6.45, 7) is 9.31. The molecule has 1 aromatic carbocycles. The van der Waals surface area contributed by atoms with Crippen LogP contribution in [-0.4, -0.2) is 54.7 Å². The summed E-state index contributed by atoms with van der Waals surface area (Å²) in [5, 5.41) is 9.59. The number of benzene rings is 1. The topological polar surface area (TPSA) is 78.0 Å². The van der Waals surface area contributed by atoms with Gasteiger partial charge >= 0.3 is 0 Å². The summed E-state index contributed by atoms with van der Waals surface area (Å²) < 4.78 is 0.